The predicted octanol–water partition coefficient (Wildman–Crippen LogP) is 3.51. The maximum Gasteiger partial charge on any atom is 0.407 e. The number of benzene rings is 1. The number of amides is 1. The number of thiol groups is 1. The molecular weight excluding hydrogens is 246 g/mol. The van der Waals surface area contributed by atoms with Gasteiger partial charge in [-0.3, -0.25) is 0 Å². The predicted molar refractivity (Wildman–Crippen MR) is 77.0 cm³/mol. The van der Waals surface area contributed by atoms with E-state index in [4.69, 9.17) is 4.74 Å². The molecule has 0 bridgehead atoms. The van der Waals surface area contributed by atoms with Gasteiger partial charge >= 0.3 is 6.09 Å². The second kappa shape index (κ2) is 6.50. The number of carbonyl (C=O) groups is 1. The molecule has 0 fully saturated rings. The van der Waals surface area contributed by atoms with Crippen molar-refractivity contribution in [2.45, 2.75) is 31.3 Å². The van der Waals surface area contributed by atoms with Crippen LogP contribution in [0, 0.1) is 0 Å². The second-order valence-electron chi connectivity index (χ2n) is 4.88. The van der Waals surface area contributed by atoms with Crippen LogP contribution in [0.15, 0.2) is 35.2 Å². The van der Waals surface area contributed by atoms with Gasteiger partial charge in [0.1, 0.15) is 5.60 Å². The monoisotopic (exact) mass is 265 g/mol. The zero-order valence-electron chi connectivity index (χ0n) is 10.9. The van der Waals surface area contributed by atoms with Gasteiger partial charge in [0, 0.05) is 11.4 Å². The SMILES string of the molecule is CC(C)(C)OC(=O)NCC=Cc1cccc(S)c1. The fraction of sp³-hybridized carbons (Fsp3) is 0.357. The summed E-state index contributed by atoms with van der Waals surface area (Å²) in [6.07, 6.45) is 3.39. The molecule has 3 nitrogen and oxygen atoms in total. The molecule has 18 heavy (non-hydrogen) atoms. The van der Waals surface area contributed by atoms with Gasteiger partial charge in [0.25, 0.3) is 0 Å². The van der Waals surface area contributed by atoms with Crippen molar-refractivity contribution in [3.63, 3.8) is 0 Å². The number of hydrogen-bond acceptors (Lipinski definition) is 3. The fourth-order valence-electron chi connectivity index (χ4n) is 1.28. The zero-order valence-corrected chi connectivity index (χ0v) is 11.8. The minimum absolute atomic E-state index is 0.407. The Morgan fingerprint density at radius 3 is 2.78 bits per heavy atom. The number of hydrogen-bond donors (Lipinski definition) is 2. The van der Waals surface area contributed by atoms with E-state index in [0.29, 0.717) is 6.54 Å². The van der Waals surface area contributed by atoms with Crippen LogP contribution in [0.3, 0.4) is 0 Å². The van der Waals surface area contributed by atoms with Gasteiger partial charge in [-0.15, -0.1) is 12.6 Å². The van der Waals surface area contributed by atoms with Crippen LogP contribution in [0.5, 0.6) is 0 Å². The Morgan fingerprint density at radius 2 is 2.17 bits per heavy atom. The number of ether oxygens (including phenoxy) is 1. The number of rotatable bonds is 3. The summed E-state index contributed by atoms with van der Waals surface area (Å²) < 4.78 is 5.11. The molecule has 0 saturated carbocycles. The van der Waals surface area contributed by atoms with Crippen LogP contribution in [0.4, 0.5) is 4.79 Å². The lowest BCUT2D eigenvalue weighted by atomic mass is 10.2. The van der Waals surface area contributed by atoms with Crippen molar-refractivity contribution in [2.75, 3.05) is 6.54 Å². The standard InChI is InChI=1S/C14H19NO2S/c1-14(2,3)17-13(16)15-9-5-7-11-6-4-8-12(18)10-11/h4-8,10,18H,9H2,1-3H3,(H,15,16). The molecule has 4 heteroatoms. The average molecular weight is 265 g/mol. The first-order valence-electron chi connectivity index (χ1n) is 5.79. The van der Waals surface area contributed by atoms with E-state index < -0.39 is 11.7 Å². The lowest BCUT2D eigenvalue weighted by Gasteiger charge is -2.19. The maximum atomic E-state index is 11.3. The highest BCUT2D eigenvalue weighted by atomic mass is 32.1. The molecule has 0 unspecified atom stereocenters. The first-order chi connectivity index (χ1) is 8.37. The summed E-state index contributed by atoms with van der Waals surface area (Å²) in [5, 5.41) is 2.66. The molecule has 1 amide bonds. The van der Waals surface area contributed by atoms with E-state index in [2.05, 4.69) is 17.9 Å². The Kier molecular flexibility index (Phi) is 5.28. The molecule has 0 saturated heterocycles. The van der Waals surface area contributed by atoms with Crippen LogP contribution >= 0.6 is 12.6 Å². The fourth-order valence-corrected chi connectivity index (χ4v) is 1.52. The Bertz CT molecular complexity index is 436. The van der Waals surface area contributed by atoms with Crippen LogP contribution in [-0.4, -0.2) is 18.2 Å². The number of alkyl carbamates (subject to hydrolysis) is 1. The molecule has 0 radical (unpaired) electrons. The van der Waals surface area contributed by atoms with Gasteiger partial charge in [-0.05, 0) is 38.5 Å². The van der Waals surface area contributed by atoms with E-state index in [-0.39, 0.29) is 0 Å². The summed E-state index contributed by atoms with van der Waals surface area (Å²) in [5.74, 6) is 0. The second-order valence-corrected chi connectivity index (χ2v) is 5.40. The van der Waals surface area contributed by atoms with Crippen LogP contribution < -0.4 is 5.32 Å². The highest BCUT2D eigenvalue weighted by Gasteiger charge is 2.14. The van der Waals surface area contributed by atoms with Crippen molar-refractivity contribution in [3.05, 3.63) is 35.9 Å². The highest BCUT2D eigenvalue weighted by Crippen LogP contribution is 2.10. The Balaban J connectivity index is 2.36. The molecule has 0 aliphatic carbocycles. The van der Waals surface area contributed by atoms with Gasteiger partial charge in [-0.25, -0.2) is 4.79 Å². The van der Waals surface area contributed by atoms with Gasteiger partial charge in [-0.2, -0.15) is 0 Å². The van der Waals surface area contributed by atoms with Crippen LogP contribution in [-0.2, 0) is 4.74 Å². The molecule has 98 valence electrons. The third-order valence-electron chi connectivity index (χ3n) is 1.94. The summed E-state index contributed by atoms with van der Waals surface area (Å²) in [5.41, 5.74) is 0.585. The molecule has 0 aromatic heterocycles. The van der Waals surface area contributed by atoms with Gasteiger partial charge in [0.15, 0.2) is 0 Å². The van der Waals surface area contributed by atoms with Crippen molar-refractivity contribution in [1.82, 2.24) is 5.32 Å². The smallest absolute Gasteiger partial charge is 0.407 e. The molecule has 0 aliphatic rings. The minimum atomic E-state index is -0.464. The summed E-state index contributed by atoms with van der Waals surface area (Å²) in [4.78, 5) is 12.3. The Labute approximate surface area is 114 Å². The maximum absolute atomic E-state index is 11.3. The van der Waals surface area contributed by atoms with Gasteiger partial charge in [-0.1, -0.05) is 24.3 Å². The Hall–Kier alpha value is -1.42. The van der Waals surface area contributed by atoms with Crippen LogP contribution in [0.25, 0.3) is 6.08 Å². The number of nitrogens with one attached hydrogen (secondary N) is 1. The zero-order chi connectivity index (χ0) is 13.6. The lowest BCUT2D eigenvalue weighted by Crippen LogP contribution is -2.32. The summed E-state index contributed by atoms with van der Waals surface area (Å²) >= 11 is 4.25. The van der Waals surface area contributed by atoms with Gasteiger partial charge in [0.05, 0.1) is 0 Å². The van der Waals surface area contributed by atoms with E-state index >= 15 is 0 Å². The van der Waals surface area contributed by atoms with Gasteiger partial charge in [0.2, 0.25) is 0 Å². The molecule has 0 spiro atoms. The quantitative estimate of drug-likeness (QED) is 0.821. The van der Waals surface area contributed by atoms with Crippen molar-refractivity contribution in [3.8, 4) is 0 Å². The van der Waals surface area contributed by atoms with Crippen molar-refractivity contribution in [2.24, 2.45) is 0 Å². The van der Waals surface area contributed by atoms with Crippen molar-refractivity contribution in [1.29, 1.82) is 0 Å². The van der Waals surface area contributed by atoms with Gasteiger partial charge < -0.3 is 10.1 Å². The first kappa shape index (κ1) is 14.6. The average Bonchev–Trinajstić information content (AvgIpc) is 2.22. The topological polar surface area (TPSA) is 38.3 Å². The van der Waals surface area contributed by atoms with E-state index in [1.165, 1.54) is 0 Å². The molecule has 0 atom stereocenters. The minimum Gasteiger partial charge on any atom is -0.444 e. The van der Waals surface area contributed by atoms with Crippen LogP contribution in [0.1, 0.15) is 26.3 Å². The third kappa shape index (κ3) is 6.35. The Morgan fingerprint density at radius 1 is 1.44 bits per heavy atom. The molecule has 1 N–H and O–H groups in total. The van der Waals surface area contributed by atoms with E-state index in [9.17, 15) is 4.79 Å². The molecule has 0 aliphatic heterocycles. The molecule has 1 aromatic carbocycles. The largest absolute Gasteiger partial charge is 0.444 e. The van der Waals surface area contributed by atoms with Crippen molar-refractivity contribution < 1.29 is 9.53 Å². The molecule has 1 aromatic rings. The summed E-state index contributed by atoms with van der Waals surface area (Å²) in [6, 6.07) is 7.78. The lowest BCUT2D eigenvalue weighted by molar-refractivity contribution is 0.0534. The third-order valence-corrected chi connectivity index (χ3v) is 2.22. The number of carbonyl (C=O) groups excluding carboxylic acids is 1. The molecule has 1 rings (SSSR count). The summed E-state index contributed by atoms with van der Waals surface area (Å²) in [7, 11) is 0. The van der Waals surface area contributed by atoms with E-state index in [0.717, 1.165) is 10.5 Å². The van der Waals surface area contributed by atoms with E-state index in [1.807, 2.05) is 57.2 Å². The van der Waals surface area contributed by atoms with Crippen LogP contribution in [0.2, 0.25) is 0 Å². The molecular formula is C14H19NO2S. The highest BCUT2D eigenvalue weighted by molar-refractivity contribution is 7.80. The van der Waals surface area contributed by atoms with Crippen molar-refractivity contribution >= 4 is 24.8 Å². The summed E-state index contributed by atoms with van der Waals surface area (Å²) in [6.45, 7) is 5.94. The van der Waals surface area contributed by atoms with E-state index in [1.54, 1.807) is 0 Å². The first-order valence-corrected chi connectivity index (χ1v) is 6.24. The molecule has 0 heterocycles. The normalized spacial score (nSPS) is 11.6.